The van der Waals surface area contributed by atoms with Gasteiger partial charge in [-0.1, -0.05) is 0 Å². The molecule has 24 heavy (non-hydrogen) atoms. The van der Waals surface area contributed by atoms with Crippen LogP contribution in [0.3, 0.4) is 0 Å². The minimum Gasteiger partial charge on any atom is -0.496 e. The molecule has 0 atom stereocenters. The van der Waals surface area contributed by atoms with Crippen molar-refractivity contribution in [1.29, 1.82) is 0 Å². The number of nitrogens with one attached hydrogen (secondary N) is 2. The molecule has 6 heteroatoms. The number of hydrogen-bond donors (Lipinski definition) is 2. The minimum atomic E-state index is 0.0286. The van der Waals surface area contributed by atoms with Gasteiger partial charge in [0.15, 0.2) is 0 Å². The summed E-state index contributed by atoms with van der Waals surface area (Å²) in [5.41, 5.74) is 5.65. The topological polar surface area (TPSA) is 64.4 Å². The van der Waals surface area contributed by atoms with Crippen LogP contribution in [0.2, 0.25) is 0 Å². The zero-order chi connectivity index (χ0) is 16.9. The SMILES string of the molecule is COc1ccc(/C(C)=N\NC(=O)C2CC2)cc1C[NH+]1CCOCC1. The van der Waals surface area contributed by atoms with Crippen molar-refractivity contribution in [3.63, 3.8) is 0 Å². The molecule has 1 saturated carbocycles. The smallest absolute Gasteiger partial charge is 0.243 e. The van der Waals surface area contributed by atoms with Crippen molar-refractivity contribution in [2.45, 2.75) is 26.3 Å². The normalized spacial score (nSPS) is 19.2. The second kappa shape index (κ2) is 7.77. The summed E-state index contributed by atoms with van der Waals surface area (Å²) in [5, 5.41) is 4.25. The van der Waals surface area contributed by atoms with E-state index in [9.17, 15) is 4.79 Å². The third kappa shape index (κ3) is 4.33. The van der Waals surface area contributed by atoms with Crippen LogP contribution in [0.1, 0.15) is 30.9 Å². The van der Waals surface area contributed by atoms with Crippen LogP contribution in [0.5, 0.6) is 5.75 Å². The minimum absolute atomic E-state index is 0.0286. The number of amides is 1. The molecule has 3 rings (SSSR count). The Hall–Kier alpha value is -1.92. The number of rotatable bonds is 6. The molecular formula is C18H26N3O3+. The fraction of sp³-hybridized carbons (Fsp3) is 0.556. The van der Waals surface area contributed by atoms with Gasteiger partial charge in [0.05, 0.1) is 26.0 Å². The average Bonchev–Trinajstić information content (AvgIpc) is 3.45. The lowest BCUT2D eigenvalue weighted by molar-refractivity contribution is -0.921. The van der Waals surface area contributed by atoms with Crippen LogP contribution >= 0.6 is 0 Å². The van der Waals surface area contributed by atoms with Crippen LogP contribution in [-0.2, 0) is 16.1 Å². The van der Waals surface area contributed by atoms with Crippen LogP contribution in [-0.4, -0.2) is 45.0 Å². The van der Waals surface area contributed by atoms with Gasteiger partial charge in [0.1, 0.15) is 25.4 Å². The van der Waals surface area contributed by atoms with Crippen molar-refractivity contribution < 1.29 is 19.2 Å². The van der Waals surface area contributed by atoms with Crippen LogP contribution in [0.15, 0.2) is 23.3 Å². The van der Waals surface area contributed by atoms with E-state index in [1.54, 1.807) is 7.11 Å². The summed E-state index contributed by atoms with van der Waals surface area (Å²) in [4.78, 5) is 13.2. The highest BCUT2D eigenvalue weighted by atomic mass is 16.5. The van der Waals surface area contributed by atoms with Crippen LogP contribution in [0, 0.1) is 5.92 Å². The molecule has 2 aliphatic rings. The maximum absolute atomic E-state index is 11.7. The van der Waals surface area contributed by atoms with E-state index < -0.39 is 0 Å². The van der Waals surface area contributed by atoms with E-state index in [-0.39, 0.29) is 11.8 Å². The maximum Gasteiger partial charge on any atom is 0.243 e. The number of methoxy groups -OCH3 is 1. The number of nitrogens with zero attached hydrogens (tertiary/aromatic N) is 1. The Morgan fingerprint density at radius 2 is 2.12 bits per heavy atom. The number of hydrogen-bond acceptors (Lipinski definition) is 4. The number of quaternary nitrogens is 1. The molecule has 0 unspecified atom stereocenters. The summed E-state index contributed by atoms with van der Waals surface area (Å²) < 4.78 is 10.9. The number of hydrazone groups is 1. The van der Waals surface area contributed by atoms with Gasteiger partial charge in [0, 0.05) is 11.5 Å². The molecule has 6 nitrogen and oxygen atoms in total. The summed E-state index contributed by atoms with van der Waals surface area (Å²) in [5.74, 6) is 1.09. The molecule has 2 N–H and O–H groups in total. The zero-order valence-electron chi connectivity index (χ0n) is 14.4. The van der Waals surface area contributed by atoms with Crippen LogP contribution in [0.4, 0.5) is 0 Å². The predicted molar refractivity (Wildman–Crippen MR) is 91.3 cm³/mol. The maximum atomic E-state index is 11.7. The third-order valence-corrected chi connectivity index (χ3v) is 4.62. The molecule has 0 bridgehead atoms. The number of ether oxygens (including phenoxy) is 2. The van der Waals surface area contributed by atoms with E-state index in [4.69, 9.17) is 9.47 Å². The van der Waals surface area contributed by atoms with Gasteiger partial charge in [-0.15, -0.1) is 0 Å². The molecule has 0 radical (unpaired) electrons. The summed E-state index contributed by atoms with van der Waals surface area (Å²) in [6.07, 6.45) is 1.96. The molecule has 1 aliphatic carbocycles. The lowest BCUT2D eigenvalue weighted by atomic mass is 10.1. The van der Waals surface area contributed by atoms with Gasteiger partial charge >= 0.3 is 0 Å². The molecular weight excluding hydrogens is 306 g/mol. The number of carbonyl (C=O) groups is 1. The van der Waals surface area contributed by atoms with E-state index in [0.29, 0.717) is 0 Å². The summed E-state index contributed by atoms with van der Waals surface area (Å²) in [6.45, 7) is 6.47. The van der Waals surface area contributed by atoms with Gasteiger partial charge in [-0.2, -0.15) is 5.10 Å². The highest BCUT2D eigenvalue weighted by Crippen LogP contribution is 2.28. The molecule has 2 fully saturated rings. The molecule has 0 aromatic heterocycles. The highest BCUT2D eigenvalue weighted by Gasteiger charge is 2.29. The van der Waals surface area contributed by atoms with Gasteiger partial charge in [0.25, 0.3) is 0 Å². The van der Waals surface area contributed by atoms with Crippen molar-refractivity contribution in [2.75, 3.05) is 33.4 Å². The number of benzene rings is 1. The van der Waals surface area contributed by atoms with Crippen molar-refractivity contribution in [3.8, 4) is 5.75 Å². The van der Waals surface area contributed by atoms with Gasteiger partial charge in [0.2, 0.25) is 5.91 Å². The Balaban J connectivity index is 1.71. The van der Waals surface area contributed by atoms with Crippen molar-refractivity contribution in [3.05, 3.63) is 29.3 Å². The molecule has 130 valence electrons. The average molecular weight is 332 g/mol. The fourth-order valence-corrected chi connectivity index (χ4v) is 2.89. The largest absolute Gasteiger partial charge is 0.496 e. The first kappa shape index (κ1) is 16.9. The number of carbonyl (C=O) groups excluding carboxylic acids is 1. The Kier molecular flexibility index (Phi) is 5.48. The number of morpholine rings is 1. The standard InChI is InChI=1S/C18H25N3O3/c1-13(19-20-18(22)14-3-4-14)15-5-6-17(23-2)16(11-15)12-21-7-9-24-10-8-21/h5-6,11,14H,3-4,7-10,12H2,1-2H3,(H,20,22)/p+1/b19-13-. The second-order valence-corrected chi connectivity index (χ2v) is 6.51. The molecule has 1 saturated heterocycles. The van der Waals surface area contributed by atoms with E-state index in [1.165, 1.54) is 4.90 Å². The second-order valence-electron chi connectivity index (χ2n) is 6.51. The summed E-state index contributed by atoms with van der Waals surface area (Å²) in [6, 6.07) is 6.08. The Morgan fingerprint density at radius 3 is 2.79 bits per heavy atom. The molecule has 1 aliphatic heterocycles. The van der Waals surface area contributed by atoms with Gasteiger partial charge in [-0.05, 0) is 43.5 Å². The van der Waals surface area contributed by atoms with Gasteiger partial charge in [-0.25, -0.2) is 5.43 Å². The van der Waals surface area contributed by atoms with E-state index in [1.807, 2.05) is 19.1 Å². The quantitative estimate of drug-likeness (QED) is 0.584. The van der Waals surface area contributed by atoms with Crippen molar-refractivity contribution >= 4 is 11.6 Å². The predicted octanol–water partition coefficient (Wildman–Crippen LogP) is 0.361. The van der Waals surface area contributed by atoms with Crippen LogP contribution in [0.25, 0.3) is 0 Å². The summed E-state index contributed by atoms with van der Waals surface area (Å²) >= 11 is 0. The van der Waals surface area contributed by atoms with E-state index in [2.05, 4.69) is 16.6 Å². The lowest BCUT2D eigenvalue weighted by Crippen LogP contribution is -3.12. The monoisotopic (exact) mass is 332 g/mol. The fourth-order valence-electron chi connectivity index (χ4n) is 2.89. The molecule has 1 aromatic rings. The first-order chi connectivity index (χ1) is 11.7. The first-order valence-electron chi connectivity index (χ1n) is 8.60. The highest BCUT2D eigenvalue weighted by molar-refractivity contribution is 5.99. The Morgan fingerprint density at radius 1 is 1.38 bits per heavy atom. The van der Waals surface area contributed by atoms with Crippen molar-refractivity contribution in [2.24, 2.45) is 11.0 Å². The summed E-state index contributed by atoms with van der Waals surface area (Å²) in [7, 11) is 1.70. The molecule has 1 amide bonds. The zero-order valence-corrected chi connectivity index (χ0v) is 14.4. The van der Waals surface area contributed by atoms with Crippen LogP contribution < -0.4 is 15.1 Å². The first-order valence-corrected chi connectivity index (χ1v) is 8.60. The molecule has 1 heterocycles. The molecule has 0 spiro atoms. The third-order valence-electron chi connectivity index (χ3n) is 4.62. The molecule has 1 aromatic carbocycles. The van der Waals surface area contributed by atoms with E-state index >= 15 is 0 Å². The van der Waals surface area contributed by atoms with E-state index in [0.717, 1.165) is 68.3 Å². The van der Waals surface area contributed by atoms with Gasteiger partial charge in [-0.3, -0.25) is 4.79 Å². The lowest BCUT2D eigenvalue weighted by Gasteiger charge is -2.24. The Bertz CT molecular complexity index is 620. The Labute approximate surface area is 142 Å². The van der Waals surface area contributed by atoms with Crippen molar-refractivity contribution in [1.82, 2.24) is 5.43 Å². The van der Waals surface area contributed by atoms with Gasteiger partial charge < -0.3 is 14.4 Å².